The lowest BCUT2D eigenvalue weighted by molar-refractivity contribution is -0.143. The minimum Gasteiger partial charge on any atom is -0.466 e. The highest BCUT2D eigenvalue weighted by Gasteiger charge is 2.10. The molecule has 0 aliphatic carbocycles. The summed E-state index contributed by atoms with van der Waals surface area (Å²) >= 11 is 0. The van der Waals surface area contributed by atoms with Gasteiger partial charge in [-0.3, -0.25) is 9.59 Å². The second-order valence-electron chi connectivity index (χ2n) is 4.96. The van der Waals surface area contributed by atoms with Gasteiger partial charge in [0.25, 0.3) is 0 Å². The average Bonchev–Trinajstić information content (AvgIpc) is 2.51. The summed E-state index contributed by atoms with van der Waals surface area (Å²) in [4.78, 5) is 23.5. The Morgan fingerprint density at radius 3 is 2.48 bits per heavy atom. The van der Waals surface area contributed by atoms with E-state index in [2.05, 4.69) is 0 Å². The molecule has 0 saturated carbocycles. The van der Waals surface area contributed by atoms with Gasteiger partial charge in [0.1, 0.15) is 0 Å². The third kappa shape index (κ3) is 4.15. The molecule has 2 aromatic rings. The fourth-order valence-corrected chi connectivity index (χ4v) is 2.39. The Balaban J connectivity index is 1.92. The number of benzene rings is 2. The minimum absolute atomic E-state index is 0.135. The molecular formula is C18H20O3. The molecule has 0 unspecified atom stereocenters. The van der Waals surface area contributed by atoms with Gasteiger partial charge in [0.05, 0.1) is 6.61 Å². The maximum absolute atomic E-state index is 12.3. The van der Waals surface area contributed by atoms with Gasteiger partial charge in [-0.1, -0.05) is 42.5 Å². The molecule has 0 aromatic heterocycles. The highest BCUT2D eigenvalue weighted by molar-refractivity contribution is 6.08. The molecule has 110 valence electrons. The fraction of sp³-hybridized carbons (Fsp3) is 0.333. The largest absolute Gasteiger partial charge is 0.466 e. The monoisotopic (exact) mass is 284 g/mol. The van der Waals surface area contributed by atoms with Crippen LogP contribution in [0.25, 0.3) is 10.8 Å². The zero-order valence-electron chi connectivity index (χ0n) is 12.3. The Hall–Kier alpha value is -2.16. The molecule has 0 amide bonds. The maximum Gasteiger partial charge on any atom is 0.305 e. The Kier molecular flexibility index (Phi) is 5.50. The van der Waals surface area contributed by atoms with Crippen LogP contribution < -0.4 is 0 Å². The summed E-state index contributed by atoms with van der Waals surface area (Å²) in [5.74, 6) is -0.0502. The number of carbonyl (C=O) groups excluding carboxylic acids is 2. The van der Waals surface area contributed by atoms with Gasteiger partial charge in [-0.2, -0.15) is 0 Å². The second kappa shape index (κ2) is 7.58. The first-order chi connectivity index (χ1) is 10.2. The second-order valence-corrected chi connectivity index (χ2v) is 4.96. The molecule has 0 aliphatic rings. The number of Topliss-reactive ketones (excluding diaryl/α,β-unsaturated/α-hetero) is 1. The lowest BCUT2D eigenvalue weighted by atomic mass is 9.98. The van der Waals surface area contributed by atoms with Crippen LogP contribution in [0.15, 0.2) is 42.5 Å². The van der Waals surface area contributed by atoms with Crippen molar-refractivity contribution in [3.05, 3.63) is 48.0 Å². The van der Waals surface area contributed by atoms with Gasteiger partial charge in [-0.05, 0) is 30.5 Å². The number of fused-ring (bicyclic) bond motifs is 1. The van der Waals surface area contributed by atoms with Crippen molar-refractivity contribution in [2.75, 3.05) is 6.61 Å². The SMILES string of the molecule is CCOC(=O)CCCCC(=O)c1cccc2ccccc12. The van der Waals surface area contributed by atoms with Crippen molar-refractivity contribution in [3.63, 3.8) is 0 Å². The maximum atomic E-state index is 12.3. The molecule has 0 heterocycles. The van der Waals surface area contributed by atoms with Crippen LogP contribution in [-0.2, 0) is 9.53 Å². The van der Waals surface area contributed by atoms with E-state index in [0.29, 0.717) is 32.3 Å². The number of hydrogen-bond acceptors (Lipinski definition) is 3. The van der Waals surface area contributed by atoms with Gasteiger partial charge in [0, 0.05) is 18.4 Å². The molecule has 0 bridgehead atoms. The smallest absolute Gasteiger partial charge is 0.305 e. The van der Waals surface area contributed by atoms with Crippen molar-refractivity contribution in [3.8, 4) is 0 Å². The van der Waals surface area contributed by atoms with Crippen molar-refractivity contribution >= 4 is 22.5 Å². The van der Waals surface area contributed by atoms with E-state index in [-0.39, 0.29) is 11.8 Å². The first-order valence-corrected chi connectivity index (χ1v) is 7.39. The standard InChI is InChI=1S/C18H20O3/c1-2-21-18(20)13-6-5-12-17(19)16-11-7-9-14-8-3-4-10-15(14)16/h3-4,7-11H,2,5-6,12-13H2,1H3. The Morgan fingerprint density at radius 2 is 1.67 bits per heavy atom. The van der Waals surface area contributed by atoms with E-state index in [1.807, 2.05) is 42.5 Å². The van der Waals surface area contributed by atoms with E-state index in [0.717, 1.165) is 16.3 Å². The predicted molar refractivity (Wildman–Crippen MR) is 83.4 cm³/mol. The van der Waals surface area contributed by atoms with Crippen molar-refractivity contribution < 1.29 is 14.3 Å². The van der Waals surface area contributed by atoms with Gasteiger partial charge >= 0.3 is 5.97 Å². The molecule has 3 heteroatoms. The number of rotatable bonds is 7. The summed E-state index contributed by atoms with van der Waals surface area (Å²) in [7, 11) is 0. The first-order valence-electron chi connectivity index (χ1n) is 7.39. The van der Waals surface area contributed by atoms with E-state index < -0.39 is 0 Å². The van der Waals surface area contributed by atoms with Crippen molar-refractivity contribution in [2.45, 2.75) is 32.6 Å². The van der Waals surface area contributed by atoms with Gasteiger partial charge in [-0.15, -0.1) is 0 Å². The molecule has 2 aromatic carbocycles. The van der Waals surface area contributed by atoms with Crippen LogP contribution in [0.4, 0.5) is 0 Å². The average molecular weight is 284 g/mol. The Labute approximate surface area is 124 Å². The van der Waals surface area contributed by atoms with Crippen LogP contribution in [0.3, 0.4) is 0 Å². The molecule has 0 radical (unpaired) electrons. The highest BCUT2D eigenvalue weighted by atomic mass is 16.5. The zero-order valence-corrected chi connectivity index (χ0v) is 12.3. The number of hydrogen-bond donors (Lipinski definition) is 0. The van der Waals surface area contributed by atoms with Crippen molar-refractivity contribution in [2.24, 2.45) is 0 Å². The van der Waals surface area contributed by atoms with E-state index in [1.54, 1.807) is 6.92 Å². The molecule has 0 aliphatic heterocycles. The molecule has 3 nitrogen and oxygen atoms in total. The van der Waals surface area contributed by atoms with Gasteiger partial charge in [0.2, 0.25) is 0 Å². The number of ether oxygens (including phenoxy) is 1. The minimum atomic E-state index is -0.185. The van der Waals surface area contributed by atoms with Crippen molar-refractivity contribution in [1.82, 2.24) is 0 Å². The fourth-order valence-electron chi connectivity index (χ4n) is 2.39. The summed E-state index contributed by atoms with van der Waals surface area (Å²) in [6.07, 6.45) is 2.25. The van der Waals surface area contributed by atoms with Crippen LogP contribution in [0.2, 0.25) is 0 Å². The van der Waals surface area contributed by atoms with Gasteiger partial charge < -0.3 is 4.74 Å². The van der Waals surface area contributed by atoms with Gasteiger partial charge in [-0.25, -0.2) is 0 Å². The zero-order chi connectivity index (χ0) is 15.1. The van der Waals surface area contributed by atoms with E-state index in [9.17, 15) is 9.59 Å². The van der Waals surface area contributed by atoms with Crippen LogP contribution >= 0.6 is 0 Å². The molecule has 0 fully saturated rings. The third-order valence-corrected chi connectivity index (χ3v) is 3.43. The summed E-state index contributed by atoms with van der Waals surface area (Å²) in [6, 6.07) is 13.7. The normalized spacial score (nSPS) is 10.5. The molecule has 2 rings (SSSR count). The predicted octanol–water partition coefficient (Wildman–Crippen LogP) is 4.15. The van der Waals surface area contributed by atoms with E-state index >= 15 is 0 Å². The quantitative estimate of drug-likeness (QED) is 0.436. The Bertz CT molecular complexity index is 626. The lowest BCUT2D eigenvalue weighted by Crippen LogP contribution is -2.04. The number of unbranched alkanes of at least 4 members (excludes halogenated alkanes) is 1. The van der Waals surface area contributed by atoms with E-state index in [4.69, 9.17) is 4.74 Å². The first kappa shape index (κ1) is 15.2. The molecule has 0 spiro atoms. The van der Waals surface area contributed by atoms with Crippen LogP contribution in [-0.4, -0.2) is 18.4 Å². The molecule has 0 atom stereocenters. The van der Waals surface area contributed by atoms with Crippen molar-refractivity contribution in [1.29, 1.82) is 0 Å². The van der Waals surface area contributed by atoms with Crippen LogP contribution in [0, 0.1) is 0 Å². The van der Waals surface area contributed by atoms with Gasteiger partial charge in [0.15, 0.2) is 5.78 Å². The Morgan fingerprint density at radius 1 is 0.952 bits per heavy atom. The molecule has 0 saturated heterocycles. The van der Waals surface area contributed by atoms with Crippen LogP contribution in [0.1, 0.15) is 43.0 Å². The molecular weight excluding hydrogens is 264 g/mol. The molecule has 21 heavy (non-hydrogen) atoms. The summed E-state index contributed by atoms with van der Waals surface area (Å²) < 4.78 is 4.87. The summed E-state index contributed by atoms with van der Waals surface area (Å²) in [5, 5.41) is 2.07. The number of ketones is 1. The van der Waals surface area contributed by atoms with E-state index in [1.165, 1.54) is 0 Å². The topological polar surface area (TPSA) is 43.4 Å². The number of carbonyl (C=O) groups is 2. The third-order valence-electron chi connectivity index (χ3n) is 3.43. The molecule has 0 N–H and O–H groups in total. The summed E-state index contributed by atoms with van der Waals surface area (Å²) in [5.41, 5.74) is 0.768. The number of esters is 1. The van der Waals surface area contributed by atoms with Crippen LogP contribution in [0.5, 0.6) is 0 Å². The lowest BCUT2D eigenvalue weighted by Gasteiger charge is -2.06. The highest BCUT2D eigenvalue weighted by Crippen LogP contribution is 2.20. The summed E-state index contributed by atoms with van der Waals surface area (Å²) in [6.45, 7) is 2.20.